The first-order chi connectivity index (χ1) is 8.20. The molecule has 92 valence electrons. The Morgan fingerprint density at radius 3 is 2.71 bits per heavy atom. The molecule has 4 heteroatoms. The zero-order valence-electron chi connectivity index (χ0n) is 10.1. The van der Waals surface area contributed by atoms with Crippen LogP contribution in [0.4, 0.5) is 5.69 Å². The SMILES string of the molecule is CC(C(=O)Nc1ccccc1)N1CC(CN)C1. The number of likely N-dealkylation sites (tertiary alicyclic amines) is 1. The van der Waals surface area contributed by atoms with Crippen LogP contribution in [0, 0.1) is 5.92 Å². The number of amides is 1. The molecule has 1 saturated heterocycles. The number of nitrogens with two attached hydrogens (primary N) is 1. The van der Waals surface area contributed by atoms with Gasteiger partial charge in [-0.2, -0.15) is 0 Å². The maximum atomic E-state index is 12.0. The summed E-state index contributed by atoms with van der Waals surface area (Å²) in [4.78, 5) is 14.1. The Morgan fingerprint density at radius 1 is 1.47 bits per heavy atom. The first-order valence-electron chi connectivity index (χ1n) is 6.00. The fourth-order valence-corrected chi connectivity index (χ4v) is 2.01. The van der Waals surface area contributed by atoms with E-state index in [1.165, 1.54) is 0 Å². The minimum Gasteiger partial charge on any atom is -0.330 e. The van der Waals surface area contributed by atoms with Gasteiger partial charge in [-0.25, -0.2) is 0 Å². The number of carbonyl (C=O) groups excluding carboxylic acids is 1. The van der Waals surface area contributed by atoms with E-state index in [-0.39, 0.29) is 11.9 Å². The second kappa shape index (κ2) is 5.29. The molecule has 1 aliphatic rings. The lowest BCUT2D eigenvalue weighted by Gasteiger charge is -2.41. The van der Waals surface area contributed by atoms with Crippen LogP contribution >= 0.6 is 0 Å². The maximum absolute atomic E-state index is 12.0. The molecule has 1 unspecified atom stereocenters. The van der Waals surface area contributed by atoms with Gasteiger partial charge >= 0.3 is 0 Å². The average molecular weight is 233 g/mol. The molecule has 1 fully saturated rings. The zero-order valence-corrected chi connectivity index (χ0v) is 10.1. The summed E-state index contributed by atoms with van der Waals surface area (Å²) < 4.78 is 0. The summed E-state index contributed by atoms with van der Waals surface area (Å²) in [5.41, 5.74) is 6.42. The van der Waals surface area contributed by atoms with Crippen LogP contribution in [0.15, 0.2) is 30.3 Å². The first-order valence-corrected chi connectivity index (χ1v) is 6.00. The summed E-state index contributed by atoms with van der Waals surface area (Å²) in [5, 5.41) is 2.91. The average Bonchev–Trinajstić information content (AvgIpc) is 2.28. The Balaban J connectivity index is 1.84. The van der Waals surface area contributed by atoms with Gasteiger partial charge in [0.15, 0.2) is 0 Å². The number of nitrogens with zero attached hydrogens (tertiary/aromatic N) is 1. The molecular weight excluding hydrogens is 214 g/mol. The molecule has 1 amide bonds. The summed E-state index contributed by atoms with van der Waals surface area (Å²) in [6.45, 7) is 4.51. The molecule has 0 aliphatic carbocycles. The number of benzene rings is 1. The van der Waals surface area contributed by atoms with Gasteiger partial charge < -0.3 is 11.1 Å². The molecule has 0 saturated carbocycles. The largest absolute Gasteiger partial charge is 0.330 e. The number of nitrogens with one attached hydrogen (secondary N) is 1. The highest BCUT2D eigenvalue weighted by atomic mass is 16.2. The van der Waals surface area contributed by atoms with Gasteiger partial charge in [0.05, 0.1) is 6.04 Å². The normalized spacial score (nSPS) is 18.5. The molecular formula is C13H19N3O. The van der Waals surface area contributed by atoms with Crippen molar-refractivity contribution in [1.82, 2.24) is 4.90 Å². The minimum absolute atomic E-state index is 0.0478. The molecule has 0 spiro atoms. The Bertz CT molecular complexity index is 374. The number of anilines is 1. The van der Waals surface area contributed by atoms with Gasteiger partial charge in [-0.05, 0) is 31.5 Å². The fourth-order valence-electron chi connectivity index (χ4n) is 2.01. The Hall–Kier alpha value is -1.39. The van der Waals surface area contributed by atoms with Crippen molar-refractivity contribution < 1.29 is 4.79 Å². The standard InChI is InChI=1S/C13H19N3O/c1-10(16-8-11(7-14)9-16)13(17)15-12-5-3-2-4-6-12/h2-6,10-11H,7-9,14H2,1H3,(H,15,17). The van der Waals surface area contributed by atoms with Crippen molar-refractivity contribution in [3.8, 4) is 0 Å². The molecule has 0 bridgehead atoms. The van der Waals surface area contributed by atoms with Gasteiger partial charge in [0, 0.05) is 18.8 Å². The molecule has 1 atom stereocenters. The van der Waals surface area contributed by atoms with Gasteiger partial charge in [-0.15, -0.1) is 0 Å². The zero-order chi connectivity index (χ0) is 12.3. The van der Waals surface area contributed by atoms with Crippen molar-refractivity contribution in [2.45, 2.75) is 13.0 Å². The van der Waals surface area contributed by atoms with Crippen molar-refractivity contribution in [3.05, 3.63) is 30.3 Å². The van der Waals surface area contributed by atoms with Crippen LogP contribution in [0.25, 0.3) is 0 Å². The number of rotatable bonds is 4. The molecule has 1 heterocycles. The van der Waals surface area contributed by atoms with Crippen molar-refractivity contribution in [2.75, 3.05) is 25.0 Å². The summed E-state index contributed by atoms with van der Waals surface area (Å²) in [5.74, 6) is 0.605. The van der Waals surface area contributed by atoms with Gasteiger partial charge in [0.25, 0.3) is 0 Å². The Morgan fingerprint density at radius 2 is 2.12 bits per heavy atom. The van der Waals surface area contributed by atoms with Gasteiger partial charge in [0.1, 0.15) is 0 Å². The van der Waals surface area contributed by atoms with Crippen molar-refractivity contribution in [2.24, 2.45) is 11.7 Å². The monoisotopic (exact) mass is 233 g/mol. The molecule has 1 aliphatic heterocycles. The van der Waals surface area contributed by atoms with Crippen LogP contribution in [0.5, 0.6) is 0 Å². The summed E-state index contributed by atoms with van der Waals surface area (Å²) in [6.07, 6.45) is 0. The van der Waals surface area contributed by atoms with E-state index in [1.807, 2.05) is 37.3 Å². The lowest BCUT2D eigenvalue weighted by molar-refractivity contribution is -0.123. The van der Waals surface area contributed by atoms with E-state index in [0.29, 0.717) is 12.5 Å². The topological polar surface area (TPSA) is 58.4 Å². The molecule has 2 rings (SSSR count). The van der Waals surface area contributed by atoms with Crippen LogP contribution in [-0.4, -0.2) is 36.5 Å². The first kappa shape index (κ1) is 12.1. The van der Waals surface area contributed by atoms with Crippen LogP contribution in [-0.2, 0) is 4.79 Å². The number of hydrogen-bond donors (Lipinski definition) is 2. The van der Waals surface area contributed by atoms with Crippen LogP contribution < -0.4 is 11.1 Å². The van der Waals surface area contributed by atoms with E-state index >= 15 is 0 Å². The van der Waals surface area contributed by atoms with Crippen molar-refractivity contribution in [1.29, 1.82) is 0 Å². The molecule has 17 heavy (non-hydrogen) atoms. The summed E-state index contributed by atoms with van der Waals surface area (Å²) in [6, 6.07) is 9.45. The van der Waals surface area contributed by atoms with E-state index in [1.54, 1.807) is 0 Å². The summed E-state index contributed by atoms with van der Waals surface area (Å²) in [7, 11) is 0. The Kier molecular flexibility index (Phi) is 3.76. The van der Waals surface area contributed by atoms with Crippen LogP contribution in [0.1, 0.15) is 6.92 Å². The second-order valence-corrected chi connectivity index (χ2v) is 4.59. The maximum Gasteiger partial charge on any atom is 0.241 e. The van der Waals surface area contributed by atoms with E-state index < -0.39 is 0 Å². The van der Waals surface area contributed by atoms with Crippen molar-refractivity contribution >= 4 is 11.6 Å². The fraction of sp³-hybridized carbons (Fsp3) is 0.462. The van der Waals surface area contributed by atoms with E-state index in [2.05, 4.69) is 10.2 Å². The highest BCUT2D eigenvalue weighted by Crippen LogP contribution is 2.18. The Labute approximate surface area is 102 Å². The summed E-state index contributed by atoms with van der Waals surface area (Å²) >= 11 is 0. The lowest BCUT2D eigenvalue weighted by Crippen LogP contribution is -2.56. The minimum atomic E-state index is -0.0852. The second-order valence-electron chi connectivity index (χ2n) is 4.59. The van der Waals surface area contributed by atoms with Crippen LogP contribution in [0.2, 0.25) is 0 Å². The predicted octanol–water partition coefficient (Wildman–Crippen LogP) is 0.904. The number of para-hydroxylation sites is 1. The molecule has 0 radical (unpaired) electrons. The van der Waals surface area contributed by atoms with E-state index in [4.69, 9.17) is 5.73 Å². The molecule has 0 aromatic heterocycles. The van der Waals surface area contributed by atoms with E-state index in [0.717, 1.165) is 18.8 Å². The lowest BCUT2D eigenvalue weighted by atomic mass is 9.98. The molecule has 4 nitrogen and oxygen atoms in total. The van der Waals surface area contributed by atoms with Gasteiger partial charge in [-0.3, -0.25) is 9.69 Å². The highest BCUT2D eigenvalue weighted by Gasteiger charge is 2.32. The molecule has 3 N–H and O–H groups in total. The number of hydrogen-bond acceptors (Lipinski definition) is 3. The van der Waals surface area contributed by atoms with E-state index in [9.17, 15) is 4.79 Å². The van der Waals surface area contributed by atoms with Gasteiger partial charge in [-0.1, -0.05) is 18.2 Å². The van der Waals surface area contributed by atoms with Gasteiger partial charge in [0.2, 0.25) is 5.91 Å². The highest BCUT2D eigenvalue weighted by molar-refractivity contribution is 5.94. The predicted molar refractivity (Wildman–Crippen MR) is 68.7 cm³/mol. The third kappa shape index (κ3) is 2.84. The molecule has 1 aromatic rings. The number of carbonyl (C=O) groups is 1. The quantitative estimate of drug-likeness (QED) is 0.812. The molecule has 1 aromatic carbocycles. The van der Waals surface area contributed by atoms with Crippen LogP contribution in [0.3, 0.4) is 0 Å². The smallest absolute Gasteiger partial charge is 0.241 e. The third-order valence-corrected chi connectivity index (χ3v) is 3.29. The third-order valence-electron chi connectivity index (χ3n) is 3.29. The van der Waals surface area contributed by atoms with Crippen molar-refractivity contribution in [3.63, 3.8) is 0 Å².